The summed E-state index contributed by atoms with van der Waals surface area (Å²) in [6.45, 7) is 3.54. The van der Waals surface area contributed by atoms with Gasteiger partial charge in [0.2, 0.25) is 0 Å². The van der Waals surface area contributed by atoms with Crippen LogP contribution in [0.3, 0.4) is 0 Å². The molecular formula is C11H11NO2. The molecule has 2 N–H and O–H groups in total. The Kier molecular flexibility index (Phi) is 1.81. The van der Waals surface area contributed by atoms with Crippen LogP contribution in [-0.4, -0.2) is 15.2 Å². The van der Waals surface area contributed by atoms with Crippen molar-refractivity contribution >= 4 is 10.8 Å². The van der Waals surface area contributed by atoms with E-state index >= 15 is 0 Å². The van der Waals surface area contributed by atoms with E-state index in [4.69, 9.17) is 0 Å². The van der Waals surface area contributed by atoms with Crippen LogP contribution in [-0.2, 0) is 0 Å². The zero-order chi connectivity index (χ0) is 10.3. The van der Waals surface area contributed by atoms with E-state index in [1.807, 2.05) is 13.0 Å². The lowest BCUT2D eigenvalue weighted by molar-refractivity contribution is 0.448. The average molecular weight is 189 g/mol. The number of nitrogens with zero attached hydrogens (tertiary/aromatic N) is 1. The van der Waals surface area contributed by atoms with Crippen molar-refractivity contribution in [3.63, 3.8) is 0 Å². The first-order valence-electron chi connectivity index (χ1n) is 4.37. The minimum absolute atomic E-state index is 0.104. The molecule has 0 radical (unpaired) electrons. The Morgan fingerprint density at radius 3 is 2.57 bits per heavy atom. The summed E-state index contributed by atoms with van der Waals surface area (Å²) >= 11 is 0. The SMILES string of the molecule is Cc1cc2cc(O)c(C)c(O)c2cn1. The zero-order valence-corrected chi connectivity index (χ0v) is 8.07. The largest absolute Gasteiger partial charge is 0.508 e. The normalized spacial score (nSPS) is 10.7. The minimum Gasteiger partial charge on any atom is -0.508 e. The highest BCUT2D eigenvalue weighted by Gasteiger charge is 2.08. The van der Waals surface area contributed by atoms with Crippen LogP contribution in [0.15, 0.2) is 18.3 Å². The smallest absolute Gasteiger partial charge is 0.131 e. The molecule has 0 bridgehead atoms. The van der Waals surface area contributed by atoms with E-state index < -0.39 is 0 Å². The van der Waals surface area contributed by atoms with Crippen LogP contribution in [0.1, 0.15) is 11.3 Å². The molecule has 0 aliphatic rings. The molecule has 3 heteroatoms. The second-order valence-corrected chi connectivity index (χ2v) is 3.42. The van der Waals surface area contributed by atoms with E-state index in [2.05, 4.69) is 4.98 Å². The monoisotopic (exact) mass is 189 g/mol. The van der Waals surface area contributed by atoms with Crippen molar-refractivity contribution < 1.29 is 10.2 Å². The first-order chi connectivity index (χ1) is 6.59. The van der Waals surface area contributed by atoms with Crippen molar-refractivity contribution in [3.05, 3.63) is 29.6 Å². The highest BCUT2D eigenvalue weighted by atomic mass is 16.3. The molecule has 0 unspecified atom stereocenters. The van der Waals surface area contributed by atoms with Crippen LogP contribution >= 0.6 is 0 Å². The third kappa shape index (κ3) is 1.18. The molecule has 0 aliphatic carbocycles. The molecule has 72 valence electrons. The summed E-state index contributed by atoms with van der Waals surface area (Å²) in [5.41, 5.74) is 1.35. The lowest BCUT2D eigenvalue weighted by atomic mass is 10.1. The van der Waals surface area contributed by atoms with Gasteiger partial charge >= 0.3 is 0 Å². The van der Waals surface area contributed by atoms with E-state index in [-0.39, 0.29) is 11.5 Å². The Balaban J connectivity index is 2.91. The molecule has 1 aromatic heterocycles. The molecule has 3 nitrogen and oxygen atoms in total. The standard InChI is InChI=1S/C11H11NO2/c1-6-3-8-4-10(13)7(2)11(14)9(8)5-12-6/h3-5,13-14H,1-2H3. The van der Waals surface area contributed by atoms with Gasteiger partial charge in [-0.15, -0.1) is 0 Å². The van der Waals surface area contributed by atoms with Crippen LogP contribution in [0.2, 0.25) is 0 Å². The van der Waals surface area contributed by atoms with Crippen molar-refractivity contribution in [2.45, 2.75) is 13.8 Å². The number of pyridine rings is 1. The highest BCUT2D eigenvalue weighted by Crippen LogP contribution is 2.34. The number of benzene rings is 1. The van der Waals surface area contributed by atoms with Gasteiger partial charge in [0, 0.05) is 22.8 Å². The Morgan fingerprint density at radius 1 is 1.14 bits per heavy atom. The fraction of sp³-hybridized carbons (Fsp3) is 0.182. The summed E-state index contributed by atoms with van der Waals surface area (Å²) in [5.74, 6) is 0.216. The number of phenolic OH excluding ortho intramolecular Hbond substituents is 2. The third-order valence-electron chi connectivity index (χ3n) is 2.36. The Bertz CT molecular complexity index is 506. The molecule has 0 saturated heterocycles. The van der Waals surface area contributed by atoms with E-state index in [9.17, 15) is 10.2 Å². The first kappa shape index (κ1) is 8.81. The molecule has 0 spiro atoms. The maximum atomic E-state index is 9.73. The van der Waals surface area contributed by atoms with Gasteiger partial charge in [-0.25, -0.2) is 0 Å². The Labute approximate surface area is 81.7 Å². The number of aromatic nitrogens is 1. The maximum Gasteiger partial charge on any atom is 0.131 e. The molecule has 0 atom stereocenters. The predicted molar refractivity (Wildman–Crippen MR) is 54.5 cm³/mol. The topological polar surface area (TPSA) is 53.4 Å². The molecular weight excluding hydrogens is 178 g/mol. The number of hydrogen-bond donors (Lipinski definition) is 2. The molecule has 2 aromatic rings. The summed E-state index contributed by atoms with van der Waals surface area (Å²) in [4.78, 5) is 4.10. The van der Waals surface area contributed by atoms with Gasteiger partial charge in [-0.1, -0.05) is 0 Å². The van der Waals surface area contributed by atoms with Gasteiger partial charge in [0.15, 0.2) is 0 Å². The molecule has 1 aromatic carbocycles. The van der Waals surface area contributed by atoms with Crippen molar-refractivity contribution in [1.29, 1.82) is 0 Å². The van der Waals surface area contributed by atoms with Gasteiger partial charge in [0.25, 0.3) is 0 Å². The molecule has 2 rings (SSSR count). The fourth-order valence-electron chi connectivity index (χ4n) is 1.48. The number of aryl methyl sites for hydroxylation is 1. The Morgan fingerprint density at radius 2 is 1.86 bits per heavy atom. The van der Waals surface area contributed by atoms with Crippen molar-refractivity contribution in [3.8, 4) is 11.5 Å². The molecule has 1 heterocycles. The summed E-state index contributed by atoms with van der Waals surface area (Å²) in [7, 11) is 0. The van der Waals surface area contributed by atoms with Gasteiger partial charge in [-0.05, 0) is 31.4 Å². The third-order valence-corrected chi connectivity index (χ3v) is 2.36. The van der Waals surface area contributed by atoms with Crippen LogP contribution in [0.4, 0.5) is 0 Å². The summed E-state index contributed by atoms with van der Waals surface area (Å²) < 4.78 is 0. The zero-order valence-electron chi connectivity index (χ0n) is 8.07. The Hall–Kier alpha value is -1.77. The number of hydrogen-bond acceptors (Lipinski definition) is 3. The van der Waals surface area contributed by atoms with E-state index in [1.54, 1.807) is 19.2 Å². The maximum absolute atomic E-state index is 9.73. The fourth-order valence-corrected chi connectivity index (χ4v) is 1.48. The van der Waals surface area contributed by atoms with Gasteiger partial charge in [-0.3, -0.25) is 4.98 Å². The first-order valence-corrected chi connectivity index (χ1v) is 4.37. The van der Waals surface area contributed by atoms with Crippen molar-refractivity contribution in [2.24, 2.45) is 0 Å². The van der Waals surface area contributed by atoms with Crippen LogP contribution < -0.4 is 0 Å². The molecule has 0 aliphatic heterocycles. The number of fused-ring (bicyclic) bond motifs is 1. The molecule has 0 saturated carbocycles. The van der Waals surface area contributed by atoms with Crippen LogP contribution in [0, 0.1) is 13.8 Å². The van der Waals surface area contributed by atoms with Crippen LogP contribution in [0.25, 0.3) is 10.8 Å². The number of rotatable bonds is 0. The van der Waals surface area contributed by atoms with Gasteiger partial charge < -0.3 is 10.2 Å². The van der Waals surface area contributed by atoms with Crippen molar-refractivity contribution in [2.75, 3.05) is 0 Å². The van der Waals surface area contributed by atoms with E-state index in [0.717, 1.165) is 11.1 Å². The molecule has 0 fully saturated rings. The van der Waals surface area contributed by atoms with Gasteiger partial charge in [-0.2, -0.15) is 0 Å². The lowest BCUT2D eigenvalue weighted by Gasteiger charge is -2.06. The number of phenols is 2. The van der Waals surface area contributed by atoms with E-state index in [1.165, 1.54) is 0 Å². The highest BCUT2D eigenvalue weighted by molar-refractivity contribution is 5.90. The van der Waals surface area contributed by atoms with Gasteiger partial charge in [0.1, 0.15) is 11.5 Å². The second kappa shape index (κ2) is 2.87. The summed E-state index contributed by atoms with van der Waals surface area (Å²) in [6, 6.07) is 3.47. The summed E-state index contributed by atoms with van der Waals surface area (Å²) in [6.07, 6.45) is 1.62. The minimum atomic E-state index is 0.104. The van der Waals surface area contributed by atoms with Crippen molar-refractivity contribution in [1.82, 2.24) is 4.98 Å². The van der Waals surface area contributed by atoms with Gasteiger partial charge in [0.05, 0.1) is 0 Å². The molecule has 14 heavy (non-hydrogen) atoms. The number of aromatic hydroxyl groups is 2. The lowest BCUT2D eigenvalue weighted by Crippen LogP contribution is -1.84. The summed E-state index contributed by atoms with van der Waals surface area (Å²) in [5, 5.41) is 20.7. The van der Waals surface area contributed by atoms with E-state index in [0.29, 0.717) is 10.9 Å². The average Bonchev–Trinajstić information content (AvgIpc) is 2.14. The predicted octanol–water partition coefficient (Wildman–Crippen LogP) is 2.26. The molecule has 0 amide bonds. The van der Waals surface area contributed by atoms with Crippen LogP contribution in [0.5, 0.6) is 11.5 Å². The second-order valence-electron chi connectivity index (χ2n) is 3.42. The quantitative estimate of drug-likeness (QED) is 0.668.